The van der Waals surface area contributed by atoms with Gasteiger partial charge in [0.05, 0.1) is 17.8 Å². The van der Waals surface area contributed by atoms with Crippen molar-refractivity contribution in [1.82, 2.24) is 16.0 Å². The summed E-state index contributed by atoms with van der Waals surface area (Å²) in [7, 11) is 0. The highest BCUT2D eigenvalue weighted by Crippen LogP contribution is 2.49. The second kappa shape index (κ2) is 12.5. The van der Waals surface area contributed by atoms with Gasteiger partial charge in [-0.1, -0.05) is 24.3 Å². The van der Waals surface area contributed by atoms with Gasteiger partial charge in [-0.2, -0.15) is 13.2 Å². The van der Waals surface area contributed by atoms with E-state index < -0.39 is 47.5 Å². The van der Waals surface area contributed by atoms with Crippen molar-refractivity contribution in [3.8, 4) is 0 Å². The zero-order chi connectivity index (χ0) is 29.8. The Morgan fingerprint density at radius 1 is 1.02 bits per heavy atom. The van der Waals surface area contributed by atoms with Crippen LogP contribution in [0.2, 0.25) is 0 Å². The Kier molecular flexibility index (Phi) is 9.31. The van der Waals surface area contributed by atoms with Crippen molar-refractivity contribution in [1.29, 1.82) is 0 Å². The second-order valence-electron chi connectivity index (χ2n) is 11.5. The summed E-state index contributed by atoms with van der Waals surface area (Å²) in [6.45, 7) is 5.30. The number of alkyl carbamates (subject to hydrolysis) is 1. The van der Waals surface area contributed by atoms with E-state index in [2.05, 4.69) is 33.4 Å². The van der Waals surface area contributed by atoms with Crippen LogP contribution >= 0.6 is 0 Å². The molecule has 1 unspecified atom stereocenters. The highest BCUT2D eigenvalue weighted by molar-refractivity contribution is 6.35. The molecule has 1 saturated heterocycles. The van der Waals surface area contributed by atoms with Crippen molar-refractivity contribution in [3.05, 3.63) is 53.6 Å². The number of hydrogen-bond acceptors (Lipinski definition) is 6. The van der Waals surface area contributed by atoms with E-state index in [4.69, 9.17) is 9.47 Å². The molecule has 0 saturated carbocycles. The summed E-state index contributed by atoms with van der Waals surface area (Å²) in [5.41, 5.74) is -0.345. The third-order valence-corrected chi connectivity index (χ3v) is 7.27. The molecule has 1 aromatic carbocycles. The van der Waals surface area contributed by atoms with Crippen LogP contribution in [0.3, 0.4) is 0 Å². The smallest absolute Gasteiger partial charge is 0.416 e. The van der Waals surface area contributed by atoms with Crippen molar-refractivity contribution < 1.29 is 37.0 Å². The molecule has 1 aliphatic carbocycles. The highest BCUT2D eigenvalue weighted by atomic mass is 19.4. The van der Waals surface area contributed by atoms with Gasteiger partial charge < -0.3 is 30.7 Å². The number of fused-ring (bicyclic) bond motifs is 3. The maximum Gasteiger partial charge on any atom is 0.416 e. The Hall–Kier alpha value is -3.54. The molecule has 4 rings (SSSR count). The Labute approximate surface area is 237 Å². The van der Waals surface area contributed by atoms with Crippen molar-refractivity contribution in [3.63, 3.8) is 0 Å². The number of anilines is 1. The van der Waals surface area contributed by atoms with Crippen LogP contribution in [0.4, 0.5) is 23.7 Å². The van der Waals surface area contributed by atoms with E-state index >= 15 is 0 Å². The number of nitrogens with one attached hydrogen (secondary N) is 4. The van der Waals surface area contributed by atoms with Crippen molar-refractivity contribution >= 4 is 23.6 Å². The zero-order valence-corrected chi connectivity index (χ0v) is 23.3. The Morgan fingerprint density at radius 2 is 1.76 bits per heavy atom. The van der Waals surface area contributed by atoms with Gasteiger partial charge in [0.15, 0.2) is 0 Å². The van der Waals surface area contributed by atoms with Crippen LogP contribution in [0.1, 0.15) is 57.3 Å². The van der Waals surface area contributed by atoms with Crippen LogP contribution in [-0.2, 0) is 25.2 Å². The molecule has 3 amide bonds. The first-order chi connectivity index (χ1) is 19.3. The number of alkyl halides is 3. The van der Waals surface area contributed by atoms with Gasteiger partial charge in [0.2, 0.25) is 0 Å². The molecule has 12 heteroatoms. The molecule has 224 valence electrons. The molecule has 5 atom stereocenters. The predicted octanol–water partition coefficient (Wildman–Crippen LogP) is 4.23. The summed E-state index contributed by atoms with van der Waals surface area (Å²) in [5, 5.41) is 10.9. The van der Waals surface area contributed by atoms with Gasteiger partial charge in [-0.3, -0.25) is 9.59 Å². The summed E-state index contributed by atoms with van der Waals surface area (Å²) in [6.07, 6.45) is 4.00. The molecule has 4 N–H and O–H groups in total. The fourth-order valence-corrected chi connectivity index (χ4v) is 5.43. The number of allylic oxidation sites excluding steroid dienone is 3. The number of carbonyl (C=O) groups excluding carboxylic acids is 3. The van der Waals surface area contributed by atoms with E-state index in [0.717, 1.165) is 18.6 Å². The summed E-state index contributed by atoms with van der Waals surface area (Å²) in [6, 6.07) is 3.65. The molecule has 0 aromatic heterocycles. The molecule has 0 radical (unpaired) electrons. The Morgan fingerprint density at radius 3 is 2.44 bits per heavy atom. The minimum Gasteiger partial charge on any atom is -0.444 e. The summed E-state index contributed by atoms with van der Waals surface area (Å²) < 4.78 is 52.1. The third kappa shape index (κ3) is 8.02. The molecule has 0 bridgehead atoms. The quantitative estimate of drug-likeness (QED) is 0.297. The van der Waals surface area contributed by atoms with E-state index in [9.17, 15) is 27.6 Å². The summed E-state index contributed by atoms with van der Waals surface area (Å²) >= 11 is 0. The average Bonchev–Trinajstić information content (AvgIpc) is 2.92. The minimum absolute atomic E-state index is 0.0205. The number of hydrogen-bond donors (Lipinski definition) is 4. The summed E-state index contributed by atoms with van der Waals surface area (Å²) in [5.74, 6) is -1.64. The maximum absolute atomic E-state index is 13.5. The third-order valence-electron chi connectivity index (χ3n) is 7.27. The van der Waals surface area contributed by atoms with Gasteiger partial charge in [-0.25, -0.2) is 4.79 Å². The second-order valence-corrected chi connectivity index (χ2v) is 11.5. The molecule has 2 heterocycles. The topological polar surface area (TPSA) is 118 Å². The Bertz CT molecular complexity index is 1190. The van der Waals surface area contributed by atoms with Crippen molar-refractivity contribution in [2.75, 3.05) is 25.0 Å². The largest absolute Gasteiger partial charge is 0.444 e. The van der Waals surface area contributed by atoms with E-state index in [0.29, 0.717) is 24.1 Å². The average molecular weight is 579 g/mol. The van der Waals surface area contributed by atoms with Crippen LogP contribution < -0.4 is 21.3 Å². The molecule has 1 aromatic rings. The lowest BCUT2D eigenvalue weighted by molar-refractivity contribution is -0.140. The first-order valence-electron chi connectivity index (χ1n) is 13.8. The highest BCUT2D eigenvalue weighted by Gasteiger charge is 2.45. The molecule has 0 spiro atoms. The molecule has 9 nitrogen and oxygen atoms in total. The van der Waals surface area contributed by atoms with E-state index in [1.807, 2.05) is 12.2 Å². The van der Waals surface area contributed by atoms with E-state index in [-0.39, 0.29) is 37.5 Å². The lowest BCUT2D eigenvalue weighted by Crippen LogP contribution is -2.50. The van der Waals surface area contributed by atoms with E-state index in [1.165, 1.54) is 6.07 Å². The van der Waals surface area contributed by atoms with Crippen LogP contribution in [0, 0.1) is 11.8 Å². The minimum atomic E-state index is -4.49. The van der Waals surface area contributed by atoms with Crippen LogP contribution in [-0.4, -0.2) is 55.3 Å². The van der Waals surface area contributed by atoms with Gasteiger partial charge in [0.25, 0.3) is 0 Å². The number of halogens is 3. The van der Waals surface area contributed by atoms with Crippen LogP contribution in [0.25, 0.3) is 0 Å². The van der Waals surface area contributed by atoms with Gasteiger partial charge in [0, 0.05) is 48.8 Å². The summed E-state index contributed by atoms with van der Waals surface area (Å²) in [4.78, 5) is 36.2. The van der Waals surface area contributed by atoms with Crippen LogP contribution in [0.15, 0.2) is 42.5 Å². The number of ether oxygens (including phenoxy) is 2. The number of benzene rings is 1. The van der Waals surface area contributed by atoms with Gasteiger partial charge >= 0.3 is 24.1 Å². The zero-order valence-electron chi connectivity index (χ0n) is 23.3. The molecule has 41 heavy (non-hydrogen) atoms. The van der Waals surface area contributed by atoms with Crippen molar-refractivity contribution in [2.45, 2.75) is 70.1 Å². The van der Waals surface area contributed by atoms with Gasteiger partial charge in [-0.05, 0) is 58.2 Å². The van der Waals surface area contributed by atoms with E-state index in [1.54, 1.807) is 20.8 Å². The fraction of sp³-hybridized carbons (Fsp3) is 0.552. The number of rotatable bonds is 6. The van der Waals surface area contributed by atoms with Gasteiger partial charge in [0.1, 0.15) is 5.60 Å². The molecule has 3 aliphatic rings. The SMILES string of the molecule is CC(C)(C)OC(=O)NCCNC(=O)C(=O)NC[C@H]1CC[C@@H]2[C@H](O1)c1cc(C(F)(F)F)ccc1N[C@H]2C1C=CC=CC1. The predicted molar refractivity (Wildman–Crippen MR) is 146 cm³/mol. The normalized spacial score (nSPS) is 25.3. The lowest BCUT2D eigenvalue weighted by Gasteiger charge is -2.47. The van der Waals surface area contributed by atoms with Gasteiger partial charge in [-0.15, -0.1) is 0 Å². The first-order valence-corrected chi connectivity index (χ1v) is 13.8. The Balaban J connectivity index is 1.35. The number of carbonyl (C=O) groups is 3. The van der Waals surface area contributed by atoms with Crippen molar-refractivity contribution in [2.24, 2.45) is 11.8 Å². The lowest BCUT2D eigenvalue weighted by atomic mass is 9.73. The maximum atomic E-state index is 13.5. The van der Waals surface area contributed by atoms with Crippen LogP contribution in [0.5, 0.6) is 0 Å². The molecule has 2 aliphatic heterocycles. The molecule has 1 fully saturated rings. The molecular formula is C29H37F3N4O5. The first kappa shape index (κ1) is 30.4. The molecular weight excluding hydrogens is 541 g/mol. The number of amides is 3. The monoisotopic (exact) mass is 578 g/mol. The fourth-order valence-electron chi connectivity index (χ4n) is 5.43. The standard InChI is InChI=1S/C29H37F3N4O5/c1-28(2,3)41-27(39)34-14-13-33-25(37)26(38)35-16-19-10-11-20-23(17-7-5-4-6-8-17)36-22-12-9-18(29(30,31)32)15-21(22)24(20)40-19/h4-7,9,12,15,17,19-20,23-24,36H,8,10-11,13-14,16H2,1-3H3,(H,33,37)(H,34,39)(H,35,38)/t17?,19-,20+,23+,24+/m1/s1.